The Morgan fingerprint density at radius 3 is 1.47 bits per heavy atom. The fourth-order valence-electron chi connectivity index (χ4n) is 0.973. The van der Waals surface area contributed by atoms with E-state index in [1.165, 1.54) is 5.56 Å². The highest BCUT2D eigenvalue weighted by Crippen LogP contribution is 2.07. The number of phenols is 2. The molecule has 0 aliphatic rings. The summed E-state index contributed by atoms with van der Waals surface area (Å²) in [4.78, 5) is 0. The Hall–Kier alpha value is -1.96. The Balaban J connectivity index is 0.000000151. The Bertz CT molecular complexity index is 358. The van der Waals surface area contributed by atoms with Crippen LogP contribution in [0.5, 0.6) is 11.5 Å². The molecule has 2 N–H and O–H groups in total. The maximum Gasteiger partial charge on any atom is 0.115 e. The first-order chi connectivity index (χ1) is 7.18. The second-order valence-corrected chi connectivity index (χ2v) is 3.17. The van der Waals surface area contributed by atoms with Crippen LogP contribution < -0.4 is 0 Å². The average molecular weight is 202 g/mol. The van der Waals surface area contributed by atoms with Crippen molar-refractivity contribution in [3.8, 4) is 11.5 Å². The van der Waals surface area contributed by atoms with E-state index in [0.29, 0.717) is 11.5 Å². The predicted octanol–water partition coefficient (Wildman–Crippen LogP) is 3.09. The van der Waals surface area contributed by atoms with Crippen molar-refractivity contribution < 1.29 is 10.2 Å². The molecule has 2 aromatic rings. The van der Waals surface area contributed by atoms with Crippen molar-refractivity contribution in [3.63, 3.8) is 0 Å². The van der Waals surface area contributed by atoms with Gasteiger partial charge in [-0.2, -0.15) is 0 Å². The quantitative estimate of drug-likeness (QED) is 0.689. The maximum atomic E-state index is 8.76. The van der Waals surface area contributed by atoms with Crippen LogP contribution in [0.2, 0.25) is 0 Å². The van der Waals surface area contributed by atoms with Crippen molar-refractivity contribution >= 4 is 0 Å². The summed E-state index contributed by atoms with van der Waals surface area (Å²) in [6.45, 7) is 1.99. The zero-order chi connectivity index (χ0) is 11.1. The van der Waals surface area contributed by atoms with Gasteiger partial charge in [-0.3, -0.25) is 0 Å². The van der Waals surface area contributed by atoms with Crippen molar-refractivity contribution in [2.45, 2.75) is 6.92 Å². The minimum Gasteiger partial charge on any atom is -0.508 e. The lowest BCUT2D eigenvalue weighted by Crippen LogP contribution is -1.66. The molecule has 0 heterocycles. The van der Waals surface area contributed by atoms with E-state index in [2.05, 4.69) is 0 Å². The van der Waals surface area contributed by atoms with Crippen LogP contribution in [0.1, 0.15) is 5.56 Å². The van der Waals surface area contributed by atoms with Gasteiger partial charge in [0.1, 0.15) is 11.5 Å². The van der Waals surface area contributed by atoms with Crippen molar-refractivity contribution in [2.75, 3.05) is 0 Å². The fourth-order valence-corrected chi connectivity index (χ4v) is 0.973. The lowest BCUT2D eigenvalue weighted by atomic mass is 10.2. The molecule has 0 atom stereocenters. The zero-order valence-electron chi connectivity index (χ0n) is 8.59. The predicted molar refractivity (Wildman–Crippen MR) is 61.0 cm³/mol. The first-order valence-electron chi connectivity index (χ1n) is 4.68. The Labute approximate surface area is 89.4 Å². The molecule has 0 unspecified atom stereocenters. The fraction of sp³-hybridized carbons (Fsp3) is 0.0769. The number of hydrogen-bond acceptors (Lipinski definition) is 2. The van der Waals surface area contributed by atoms with E-state index in [9.17, 15) is 0 Å². The van der Waals surface area contributed by atoms with Crippen molar-refractivity contribution in [1.82, 2.24) is 0 Å². The summed E-state index contributed by atoms with van der Waals surface area (Å²) in [5.41, 5.74) is 1.17. The third-order valence-corrected chi connectivity index (χ3v) is 1.79. The third kappa shape index (κ3) is 4.72. The van der Waals surface area contributed by atoms with Gasteiger partial charge in [0.2, 0.25) is 0 Å². The lowest BCUT2D eigenvalue weighted by Gasteiger charge is -1.89. The maximum absolute atomic E-state index is 8.76. The minimum atomic E-state index is 0.322. The molecule has 15 heavy (non-hydrogen) atoms. The van der Waals surface area contributed by atoms with Gasteiger partial charge in [-0.1, -0.05) is 35.9 Å². The number of aromatic hydroxyl groups is 2. The Morgan fingerprint density at radius 2 is 1.13 bits per heavy atom. The Morgan fingerprint density at radius 1 is 0.667 bits per heavy atom. The van der Waals surface area contributed by atoms with Gasteiger partial charge in [0.25, 0.3) is 0 Å². The number of rotatable bonds is 0. The summed E-state index contributed by atoms with van der Waals surface area (Å²) >= 11 is 0. The molecule has 0 saturated carbocycles. The van der Waals surface area contributed by atoms with Gasteiger partial charge in [-0.05, 0) is 31.2 Å². The normalized spacial score (nSPS) is 8.87. The van der Waals surface area contributed by atoms with Crippen LogP contribution in [-0.2, 0) is 0 Å². The van der Waals surface area contributed by atoms with Crippen molar-refractivity contribution in [3.05, 3.63) is 60.2 Å². The van der Waals surface area contributed by atoms with Crippen molar-refractivity contribution in [2.24, 2.45) is 0 Å². The molecule has 2 rings (SSSR count). The summed E-state index contributed by atoms with van der Waals surface area (Å²) in [5, 5.41) is 17.4. The Kier molecular flexibility index (Phi) is 4.23. The van der Waals surface area contributed by atoms with E-state index >= 15 is 0 Å². The lowest BCUT2D eigenvalue weighted by molar-refractivity contribution is 0.474. The van der Waals surface area contributed by atoms with E-state index in [1.807, 2.05) is 25.1 Å². The topological polar surface area (TPSA) is 40.5 Å². The summed E-state index contributed by atoms with van der Waals surface area (Å²) in [6.07, 6.45) is 0. The molecule has 0 radical (unpaired) electrons. The van der Waals surface area contributed by atoms with Crippen LogP contribution in [0.4, 0.5) is 0 Å². The van der Waals surface area contributed by atoms with E-state index in [0.717, 1.165) is 0 Å². The number of para-hydroxylation sites is 1. The largest absolute Gasteiger partial charge is 0.508 e. The molecule has 0 bridgehead atoms. The van der Waals surface area contributed by atoms with Crippen molar-refractivity contribution in [1.29, 1.82) is 0 Å². The van der Waals surface area contributed by atoms with Gasteiger partial charge in [0.05, 0.1) is 0 Å². The number of hydrogen-bond donors (Lipinski definition) is 2. The highest BCUT2D eigenvalue weighted by Gasteiger charge is 1.82. The van der Waals surface area contributed by atoms with Gasteiger partial charge < -0.3 is 10.2 Å². The second kappa shape index (κ2) is 5.70. The summed E-state index contributed by atoms with van der Waals surface area (Å²) in [5.74, 6) is 0.651. The molecule has 0 aromatic heterocycles. The van der Waals surface area contributed by atoms with Gasteiger partial charge in [0.15, 0.2) is 0 Å². The van der Waals surface area contributed by atoms with Crippen LogP contribution in [0.15, 0.2) is 54.6 Å². The molecule has 0 saturated heterocycles. The standard InChI is InChI=1S/C7H8O.C6H6O/c1-6-2-4-7(8)5-3-6;7-6-4-2-1-3-5-6/h2-5,8H,1H3;1-5,7H. The molecule has 78 valence electrons. The highest BCUT2D eigenvalue weighted by molar-refractivity contribution is 5.24. The summed E-state index contributed by atoms with van der Waals surface area (Å²) in [6, 6.07) is 15.8. The van der Waals surface area contributed by atoms with Crippen LogP contribution >= 0.6 is 0 Å². The van der Waals surface area contributed by atoms with Crippen LogP contribution in [0, 0.1) is 6.92 Å². The first kappa shape index (κ1) is 11.1. The molecule has 0 aliphatic heterocycles. The molecule has 2 heteroatoms. The smallest absolute Gasteiger partial charge is 0.115 e. The molecule has 0 fully saturated rings. The molecule has 0 spiro atoms. The van der Waals surface area contributed by atoms with Crippen LogP contribution in [-0.4, -0.2) is 10.2 Å². The monoisotopic (exact) mass is 202 g/mol. The molecule has 0 amide bonds. The van der Waals surface area contributed by atoms with Crippen LogP contribution in [0.3, 0.4) is 0 Å². The molecule has 2 nitrogen and oxygen atoms in total. The van der Waals surface area contributed by atoms with Gasteiger partial charge in [-0.25, -0.2) is 0 Å². The van der Waals surface area contributed by atoms with E-state index in [-0.39, 0.29) is 0 Å². The molecule has 2 aromatic carbocycles. The number of phenolic OH excluding ortho intramolecular Hbond substituents is 2. The summed E-state index contributed by atoms with van der Waals surface area (Å²) < 4.78 is 0. The van der Waals surface area contributed by atoms with Gasteiger partial charge >= 0.3 is 0 Å². The molecule has 0 aliphatic carbocycles. The third-order valence-electron chi connectivity index (χ3n) is 1.79. The molecular weight excluding hydrogens is 188 g/mol. The number of aryl methyl sites for hydroxylation is 1. The SMILES string of the molecule is Cc1ccc(O)cc1.Oc1ccccc1. The highest BCUT2D eigenvalue weighted by atomic mass is 16.3. The number of benzene rings is 2. The minimum absolute atomic E-state index is 0.322. The van der Waals surface area contributed by atoms with Crippen LogP contribution in [0.25, 0.3) is 0 Å². The van der Waals surface area contributed by atoms with Gasteiger partial charge in [-0.15, -0.1) is 0 Å². The molecular formula is C13H14O2. The van der Waals surface area contributed by atoms with E-state index in [1.54, 1.807) is 36.4 Å². The summed E-state index contributed by atoms with van der Waals surface area (Å²) in [7, 11) is 0. The average Bonchev–Trinajstić information content (AvgIpc) is 2.25. The second-order valence-electron chi connectivity index (χ2n) is 3.17. The first-order valence-corrected chi connectivity index (χ1v) is 4.68. The van der Waals surface area contributed by atoms with E-state index in [4.69, 9.17) is 10.2 Å². The van der Waals surface area contributed by atoms with Gasteiger partial charge in [0, 0.05) is 0 Å². The van der Waals surface area contributed by atoms with E-state index < -0.39 is 0 Å². The zero-order valence-corrected chi connectivity index (χ0v) is 8.59.